The standard InChI is InChI=1S/C24H21F3N2O4S/c1-2-14-33-21-11-7-9-19(16-21)28-23(30)17-29(34(31,32)22-12-4-3-5-13-22)20-10-6-8-18(15-20)24(25,26)27/h2-13,15-16H,1,14,17H2,(H,28,30). The van der Waals surface area contributed by atoms with Gasteiger partial charge in [-0.05, 0) is 42.5 Å². The van der Waals surface area contributed by atoms with Gasteiger partial charge in [0, 0.05) is 11.8 Å². The smallest absolute Gasteiger partial charge is 0.416 e. The molecule has 0 aliphatic carbocycles. The molecule has 34 heavy (non-hydrogen) atoms. The van der Waals surface area contributed by atoms with E-state index in [9.17, 15) is 26.4 Å². The van der Waals surface area contributed by atoms with Crippen molar-refractivity contribution in [1.29, 1.82) is 0 Å². The summed E-state index contributed by atoms with van der Waals surface area (Å²) in [6.07, 6.45) is -3.14. The van der Waals surface area contributed by atoms with E-state index in [-0.39, 0.29) is 17.2 Å². The number of nitrogens with one attached hydrogen (secondary N) is 1. The van der Waals surface area contributed by atoms with Crippen molar-refractivity contribution in [3.05, 3.63) is 97.1 Å². The highest BCUT2D eigenvalue weighted by molar-refractivity contribution is 7.92. The fourth-order valence-electron chi connectivity index (χ4n) is 3.02. The maximum Gasteiger partial charge on any atom is 0.416 e. The Hall–Kier alpha value is -3.79. The summed E-state index contributed by atoms with van der Waals surface area (Å²) in [7, 11) is -4.35. The normalized spacial score (nSPS) is 11.5. The maximum absolute atomic E-state index is 13.3. The van der Waals surface area contributed by atoms with E-state index in [0.717, 1.165) is 12.1 Å². The Bertz CT molecular complexity index is 1260. The Labute approximate surface area is 195 Å². The number of carbonyl (C=O) groups excluding carboxylic acids is 1. The maximum atomic E-state index is 13.3. The summed E-state index contributed by atoms with van der Waals surface area (Å²) >= 11 is 0. The number of alkyl halides is 3. The number of carbonyl (C=O) groups is 1. The van der Waals surface area contributed by atoms with Crippen LogP contribution in [0.15, 0.2) is 96.4 Å². The first-order valence-corrected chi connectivity index (χ1v) is 11.4. The van der Waals surface area contributed by atoms with Gasteiger partial charge >= 0.3 is 6.18 Å². The van der Waals surface area contributed by atoms with Crippen LogP contribution in [-0.4, -0.2) is 27.5 Å². The molecule has 0 bridgehead atoms. The van der Waals surface area contributed by atoms with Crippen LogP contribution in [0, 0.1) is 0 Å². The minimum Gasteiger partial charge on any atom is -0.489 e. The third-order valence-corrected chi connectivity index (χ3v) is 6.35. The summed E-state index contributed by atoms with van der Waals surface area (Å²) in [5.41, 5.74) is -1.00. The van der Waals surface area contributed by atoms with Crippen molar-refractivity contribution in [3.8, 4) is 5.75 Å². The fraction of sp³-hybridized carbons (Fsp3) is 0.125. The van der Waals surface area contributed by atoms with Crippen molar-refractivity contribution < 1.29 is 31.1 Å². The molecule has 10 heteroatoms. The molecule has 6 nitrogen and oxygen atoms in total. The molecule has 0 unspecified atom stereocenters. The Morgan fingerprint density at radius 3 is 2.38 bits per heavy atom. The Kier molecular flexibility index (Phi) is 7.62. The molecule has 0 spiro atoms. The number of ether oxygens (including phenoxy) is 1. The Balaban J connectivity index is 1.94. The van der Waals surface area contributed by atoms with Crippen molar-refractivity contribution in [3.63, 3.8) is 0 Å². The number of hydrogen-bond donors (Lipinski definition) is 1. The van der Waals surface area contributed by atoms with E-state index in [1.807, 2.05) is 0 Å². The van der Waals surface area contributed by atoms with Gasteiger partial charge in [-0.15, -0.1) is 0 Å². The van der Waals surface area contributed by atoms with Gasteiger partial charge in [-0.3, -0.25) is 9.10 Å². The molecular weight excluding hydrogens is 469 g/mol. The number of anilines is 2. The van der Waals surface area contributed by atoms with Gasteiger partial charge in [-0.25, -0.2) is 8.42 Å². The topological polar surface area (TPSA) is 75.7 Å². The summed E-state index contributed by atoms with van der Waals surface area (Å²) in [5.74, 6) is -0.304. The van der Waals surface area contributed by atoms with E-state index in [1.54, 1.807) is 30.3 Å². The van der Waals surface area contributed by atoms with E-state index >= 15 is 0 Å². The molecule has 0 aromatic heterocycles. The highest BCUT2D eigenvalue weighted by Crippen LogP contribution is 2.33. The summed E-state index contributed by atoms with van der Waals surface area (Å²) < 4.78 is 72.4. The lowest BCUT2D eigenvalue weighted by atomic mass is 10.2. The van der Waals surface area contributed by atoms with Crippen LogP contribution in [0.5, 0.6) is 5.75 Å². The largest absolute Gasteiger partial charge is 0.489 e. The van der Waals surface area contributed by atoms with Crippen LogP contribution < -0.4 is 14.4 Å². The molecule has 3 aromatic carbocycles. The Morgan fingerprint density at radius 2 is 1.71 bits per heavy atom. The van der Waals surface area contributed by atoms with Crippen LogP contribution >= 0.6 is 0 Å². The molecule has 0 saturated heterocycles. The highest BCUT2D eigenvalue weighted by atomic mass is 32.2. The van der Waals surface area contributed by atoms with Crippen molar-refractivity contribution in [1.82, 2.24) is 0 Å². The Morgan fingerprint density at radius 1 is 1.00 bits per heavy atom. The molecule has 178 valence electrons. The average Bonchev–Trinajstić information content (AvgIpc) is 2.81. The third-order valence-electron chi connectivity index (χ3n) is 4.57. The molecule has 0 aliphatic rings. The number of nitrogens with zero attached hydrogens (tertiary/aromatic N) is 1. The summed E-state index contributed by atoms with van der Waals surface area (Å²) in [6.45, 7) is 3.04. The van der Waals surface area contributed by atoms with Gasteiger partial charge in [0.2, 0.25) is 5.91 Å². The van der Waals surface area contributed by atoms with Crippen molar-refractivity contribution in [2.24, 2.45) is 0 Å². The molecule has 1 N–H and O–H groups in total. The van der Waals surface area contributed by atoms with Gasteiger partial charge in [0.15, 0.2) is 0 Å². The lowest BCUT2D eigenvalue weighted by Crippen LogP contribution is -2.38. The van der Waals surface area contributed by atoms with Gasteiger partial charge in [-0.2, -0.15) is 13.2 Å². The van der Waals surface area contributed by atoms with Crippen LogP contribution in [0.3, 0.4) is 0 Å². The first-order valence-electron chi connectivity index (χ1n) is 10.00. The van der Waals surface area contributed by atoms with Crippen molar-refractivity contribution in [2.45, 2.75) is 11.1 Å². The minimum atomic E-state index is -4.69. The molecule has 0 atom stereocenters. The molecule has 3 rings (SSSR count). The first kappa shape index (κ1) is 24.8. The lowest BCUT2D eigenvalue weighted by molar-refractivity contribution is -0.137. The lowest BCUT2D eigenvalue weighted by Gasteiger charge is -2.25. The van der Waals surface area contributed by atoms with E-state index in [1.165, 1.54) is 36.4 Å². The molecular formula is C24H21F3N2O4S. The number of sulfonamides is 1. The van der Waals surface area contributed by atoms with E-state index in [0.29, 0.717) is 21.8 Å². The molecule has 0 fully saturated rings. The van der Waals surface area contributed by atoms with Crippen LogP contribution in [-0.2, 0) is 21.0 Å². The fourth-order valence-corrected chi connectivity index (χ4v) is 4.46. The molecule has 0 heterocycles. The first-order chi connectivity index (χ1) is 16.1. The van der Waals surface area contributed by atoms with E-state index in [2.05, 4.69) is 11.9 Å². The van der Waals surface area contributed by atoms with Gasteiger partial charge in [-0.1, -0.05) is 43.0 Å². The third kappa shape index (κ3) is 6.16. The summed E-state index contributed by atoms with van der Waals surface area (Å²) in [5, 5.41) is 2.55. The van der Waals surface area contributed by atoms with Crippen LogP contribution in [0.25, 0.3) is 0 Å². The molecule has 0 saturated carbocycles. The zero-order valence-electron chi connectivity index (χ0n) is 17.8. The summed E-state index contributed by atoms with van der Waals surface area (Å²) in [4.78, 5) is 12.6. The molecule has 3 aromatic rings. The number of rotatable bonds is 9. The number of amides is 1. The van der Waals surface area contributed by atoms with Crippen LogP contribution in [0.4, 0.5) is 24.5 Å². The number of halogens is 3. The second-order valence-electron chi connectivity index (χ2n) is 7.05. The average molecular weight is 491 g/mol. The van der Waals surface area contributed by atoms with Gasteiger partial charge < -0.3 is 10.1 Å². The minimum absolute atomic E-state index is 0.167. The quantitative estimate of drug-likeness (QED) is 0.424. The molecule has 1 amide bonds. The van der Waals surface area contributed by atoms with E-state index < -0.39 is 34.2 Å². The summed E-state index contributed by atoms with van der Waals surface area (Å²) in [6, 6.07) is 17.3. The number of hydrogen-bond acceptors (Lipinski definition) is 4. The molecule has 0 radical (unpaired) electrons. The monoisotopic (exact) mass is 490 g/mol. The van der Waals surface area contributed by atoms with Gasteiger partial charge in [0.05, 0.1) is 16.1 Å². The van der Waals surface area contributed by atoms with Crippen LogP contribution in [0.1, 0.15) is 5.56 Å². The highest BCUT2D eigenvalue weighted by Gasteiger charge is 2.33. The van der Waals surface area contributed by atoms with Gasteiger partial charge in [0.25, 0.3) is 10.0 Å². The SMILES string of the molecule is C=CCOc1cccc(NC(=O)CN(c2cccc(C(F)(F)F)c2)S(=O)(=O)c2ccccc2)c1. The van der Waals surface area contributed by atoms with Crippen molar-refractivity contribution >= 4 is 27.3 Å². The zero-order valence-corrected chi connectivity index (χ0v) is 18.6. The van der Waals surface area contributed by atoms with Gasteiger partial charge in [0.1, 0.15) is 18.9 Å². The zero-order chi connectivity index (χ0) is 24.8. The van der Waals surface area contributed by atoms with E-state index in [4.69, 9.17) is 4.74 Å². The predicted octanol–water partition coefficient (Wildman–Crippen LogP) is 5.10. The van der Waals surface area contributed by atoms with Crippen LogP contribution in [0.2, 0.25) is 0 Å². The predicted molar refractivity (Wildman–Crippen MR) is 123 cm³/mol. The van der Waals surface area contributed by atoms with Crippen molar-refractivity contribution in [2.75, 3.05) is 22.8 Å². The number of benzene rings is 3. The second kappa shape index (κ2) is 10.4. The molecule has 0 aliphatic heterocycles. The second-order valence-corrected chi connectivity index (χ2v) is 8.91.